The van der Waals surface area contributed by atoms with E-state index in [0.717, 1.165) is 9.90 Å². The molecule has 2 amide bonds. The van der Waals surface area contributed by atoms with Crippen LogP contribution in [0.2, 0.25) is 0 Å². The molecule has 3 aromatic rings. The van der Waals surface area contributed by atoms with Crippen molar-refractivity contribution in [1.82, 2.24) is 10.2 Å². The maximum atomic E-state index is 12.6. The minimum Gasteiger partial charge on any atom is -0.497 e. The first-order valence-corrected chi connectivity index (χ1v) is 11.0. The molecular weight excluding hydrogens is 420 g/mol. The Balaban J connectivity index is 1.64. The number of aryl methyl sites for hydroxylation is 1. The molecule has 0 saturated carbocycles. The second-order valence-electron chi connectivity index (χ2n) is 6.34. The number of benzene rings is 2. The van der Waals surface area contributed by atoms with Crippen LogP contribution in [0, 0.1) is 6.92 Å². The highest BCUT2D eigenvalue weighted by Crippen LogP contribution is 2.29. The summed E-state index contributed by atoms with van der Waals surface area (Å²) >= 11 is 2.78. The third-order valence-corrected chi connectivity index (χ3v) is 6.25. The molecule has 0 aliphatic heterocycles. The molecule has 1 unspecified atom stereocenters. The summed E-state index contributed by atoms with van der Waals surface area (Å²) in [4.78, 5) is 26.0. The molecule has 3 rings (SSSR count). The topological polar surface area (TPSA) is 93.2 Å². The highest BCUT2D eigenvalue weighted by molar-refractivity contribution is 8.00. The monoisotopic (exact) mass is 442 g/mol. The number of carbonyl (C=O) groups excluding carboxylic acids is 2. The normalized spacial score (nSPS) is 11.6. The Hall–Kier alpha value is -2.91. The van der Waals surface area contributed by atoms with E-state index in [0.29, 0.717) is 28.6 Å². The molecule has 1 atom stereocenters. The first kappa shape index (κ1) is 21.8. The summed E-state index contributed by atoms with van der Waals surface area (Å²) in [5.41, 5.74) is 1.20. The van der Waals surface area contributed by atoms with E-state index in [1.54, 1.807) is 31.4 Å². The standard InChI is InChI=1S/C21H22N4O3S2/c1-4-18(20(27)23-21-25-24-13(2)29-21)30-17-7-5-6-15(12-17)22-19(26)14-8-10-16(28-3)11-9-14/h5-12,18H,4H2,1-3H3,(H,22,26)(H,23,25,27). The average Bonchev–Trinajstić information content (AvgIpc) is 3.16. The van der Waals surface area contributed by atoms with Gasteiger partial charge in [-0.05, 0) is 55.8 Å². The molecule has 0 radical (unpaired) electrons. The molecule has 0 fully saturated rings. The van der Waals surface area contributed by atoms with Crippen molar-refractivity contribution in [2.45, 2.75) is 30.4 Å². The van der Waals surface area contributed by atoms with Crippen molar-refractivity contribution in [2.24, 2.45) is 0 Å². The third kappa shape index (κ3) is 5.80. The first-order valence-electron chi connectivity index (χ1n) is 9.31. The van der Waals surface area contributed by atoms with Crippen LogP contribution in [0.3, 0.4) is 0 Å². The second-order valence-corrected chi connectivity index (χ2v) is 8.80. The Morgan fingerprint density at radius 2 is 1.90 bits per heavy atom. The van der Waals surface area contributed by atoms with Gasteiger partial charge in [0.1, 0.15) is 10.8 Å². The second kappa shape index (κ2) is 10.2. The van der Waals surface area contributed by atoms with Gasteiger partial charge in [0.2, 0.25) is 11.0 Å². The van der Waals surface area contributed by atoms with Crippen molar-refractivity contribution in [3.05, 3.63) is 59.1 Å². The van der Waals surface area contributed by atoms with Crippen molar-refractivity contribution in [1.29, 1.82) is 0 Å². The van der Waals surface area contributed by atoms with Gasteiger partial charge in [-0.2, -0.15) is 0 Å². The van der Waals surface area contributed by atoms with Gasteiger partial charge in [-0.1, -0.05) is 24.3 Å². The van der Waals surface area contributed by atoms with E-state index in [9.17, 15) is 9.59 Å². The zero-order chi connectivity index (χ0) is 21.5. The van der Waals surface area contributed by atoms with Crippen LogP contribution in [0.1, 0.15) is 28.7 Å². The molecule has 1 aromatic heterocycles. The van der Waals surface area contributed by atoms with Crippen molar-refractivity contribution in [3.63, 3.8) is 0 Å². The van der Waals surface area contributed by atoms with Crippen LogP contribution >= 0.6 is 23.1 Å². The molecule has 2 aromatic carbocycles. The number of carbonyl (C=O) groups is 2. The molecule has 0 aliphatic carbocycles. The van der Waals surface area contributed by atoms with Gasteiger partial charge in [0.25, 0.3) is 5.91 Å². The van der Waals surface area contributed by atoms with Gasteiger partial charge in [0.15, 0.2) is 0 Å². The number of nitrogens with one attached hydrogen (secondary N) is 2. The van der Waals surface area contributed by atoms with E-state index in [1.165, 1.54) is 23.1 Å². The molecule has 2 N–H and O–H groups in total. The quantitative estimate of drug-likeness (QED) is 0.495. The predicted octanol–water partition coefficient (Wildman–Crippen LogP) is 4.62. The largest absolute Gasteiger partial charge is 0.497 e. The fourth-order valence-electron chi connectivity index (χ4n) is 2.61. The van der Waals surface area contributed by atoms with Gasteiger partial charge in [0, 0.05) is 16.1 Å². The molecule has 156 valence electrons. The Bertz CT molecular complexity index is 1020. The maximum absolute atomic E-state index is 12.6. The lowest BCUT2D eigenvalue weighted by Crippen LogP contribution is -2.24. The molecule has 30 heavy (non-hydrogen) atoms. The third-order valence-electron chi connectivity index (χ3n) is 4.14. The van der Waals surface area contributed by atoms with Gasteiger partial charge in [0.05, 0.1) is 12.4 Å². The van der Waals surface area contributed by atoms with Crippen molar-refractivity contribution in [3.8, 4) is 5.75 Å². The summed E-state index contributed by atoms with van der Waals surface area (Å²) < 4.78 is 5.11. The lowest BCUT2D eigenvalue weighted by molar-refractivity contribution is -0.115. The fraction of sp³-hybridized carbons (Fsp3) is 0.238. The Morgan fingerprint density at radius 1 is 1.13 bits per heavy atom. The number of ether oxygens (including phenoxy) is 1. The van der Waals surface area contributed by atoms with Crippen LogP contribution in [-0.4, -0.2) is 34.4 Å². The Morgan fingerprint density at radius 3 is 2.53 bits per heavy atom. The number of rotatable bonds is 8. The van der Waals surface area contributed by atoms with Crippen molar-refractivity contribution in [2.75, 3.05) is 17.7 Å². The average molecular weight is 443 g/mol. The molecule has 1 heterocycles. The fourth-order valence-corrected chi connectivity index (χ4v) is 4.22. The Labute approximate surface area is 183 Å². The molecule has 9 heteroatoms. The summed E-state index contributed by atoms with van der Waals surface area (Å²) in [7, 11) is 1.58. The summed E-state index contributed by atoms with van der Waals surface area (Å²) in [6.45, 7) is 3.79. The van der Waals surface area contributed by atoms with Gasteiger partial charge < -0.3 is 10.1 Å². The van der Waals surface area contributed by atoms with E-state index >= 15 is 0 Å². The molecule has 7 nitrogen and oxygen atoms in total. The van der Waals surface area contributed by atoms with E-state index in [4.69, 9.17) is 4.74 Å². The van der Waals surface area contributed by atoms with E-state index in [-0.39, 0.29) is 17.1 Å². The number of thioether (sulfide) groups is 1. The zero-order valence-corrected chi connectivity index (χ0v) is 18.5. The number of aromatic nitrogens is 2. The lowest BCUT2D eigenvalue weighted by Gasteiger charge is -2.14. The SMILES string of the molecule is CCC(Sc1cccc(NC(=O)c2ccc(OC)cc2)c1)C(=O)Nc1nnc(C)s1. The lowest BCUT2D eigenvalue weighted by atomic mass is 10.2. The van der Waals surface area contributed by atoms with E-state index < -0.39 is 0 Å². The van der Waals surface area contributed by atoms with Gasteiger partial charge in [-0.25, -0.2) is 0 Å². The van der Waals surface area contributed by atoms with Gasteiger partial charge in [-0.3, -0.25) is 14.9 Å². The van der Waals surface area contributed by atoms with Crippen LogP contribution in [0.25, 0.3) is 0 Å². The van der Waals surface area contributed by atoms with Gasteiger partial charge >= 0.3 is 0 Å². The predicted molar refractivity (Wildman–Crippen MR) is 121 cm³/mol. The summed E-state index contributed by atoms with van der Waals surface area (Å²) in [6, 6.07) is 14.3. The van der Waals surface area contributed by atoms with Crippen molar-refractivity contribution < 1.29 is 14.3 Å². The minimum absolute atomic E-state index is 0.119. The van der Waals surface area contributed by atoms with E-state index in [2.05, 4.69) is 20.8 Å². The van der Waals surface area contributed by atoms with Crippen LogP contribution in [0.5, 0.6) is 5.75 Å². The molecule has 0 aliphatic rings. The van der Waals surface area contributed by atoms with Gasteiger partial charge in [-0.15, -0.1) is 22.0 Å². The molecule has 0 saturated heterocycles. The first-order chi connectivity index (χ1) is 14.5. The number of nitrogens with zero attached hydrogens (tertiary/aromatic N) is 2. The van der Waals surface area contributed by atoms with Crippen LogP contribution < -0.4 is 15.4 Å². The molecular formula is C21H22N4O3S2. The van der Waals surface area contributed by atoms with E-state index in [1.807, 2.05) is 38.1 Å². The molecule has 0 bridgehead atoms. The van der Waals surface area contributed by atoms with Crippen LogP contribution in [0.4, 0.5) is 10.8 Å². The number of hydrogen-bond acceptors (Lipinski definition) is 7. The van der Waals surface area contributed by atoms with Crippen LogP contribution in [0.15, 0.2) is 53.4 Å². The minimum atomic E-state index is -0.290. The maximum Gasteiger partial charge on any atom is 0.255 e. The summed E-state index contributed by atoms with van der Waals surface area (Å²) in [5.74, 6) is 0.361. The highest BCUT2D eigenvalue weighted by Gasteiger charge is 2.19. The number of amides is 2. The Kier molecular flexibility index (Phi) is 7.42. The van der Waals surface area contributed by atoms with Crippen LogP contribution in [-0.2, 0) is 4.79 Å². The number of hydrogen-bond donors (Lipinski definition) is 2. The number of methoxy groups -OCH3 is 1. The summed E-state index contributed by atoms with van der Waals surface area (Å²) in [5, 5.41) is 14.6. The van der Waals surface area contributed by atoms with Crippen molar-refractivity contribution >= 4 is 45.7 Å². The molecule has 0 spiro atoms. The smallest absolute Gasteiger partial charge is 0.255 e. The summed E-state index contributed by atoms with van der Waals surface area (Å²) in [6.07, 6.45) is 0.650. The highest BCUT2D eigenvalue weighted by atomic mass is 32.2. The zero-order valence-electron chi connectivity index (χ0n) is 16.8. The number of anilines is 2.